The van der Waals surface area contributed by atoms with Crippen molar-refractivity contribution in [1.82, 2.24) is 5.32 Å². The molecule has 0 fully saturated rings. The second-order valence-electron chi connectivity index (χ2n) is 4.11. The number of guanidine groups is 1. The van der Waals surface area contributed by atoms with E-state index in [1.165, 1.54) is 5.56 Å². The summed E-state index contributed by atoms with van der Waals surface area (Å²) >= 11 is 0. The number of benzene rings is 1. The molecular weight excluding hydrogens is 186 g/mol. The molecule has 0 saturated heterocycles. The average molecular weight is 203 g/mol. The first kappa shape index (κ1) is 10.0. The third-order valence-corrected chi connectivity index (χ3v) is 2.84. The zero-order chi connectivity index (χ0) is 10.7. The first-order chi connectivity index (χ1) is 7.25. The molecule has 3 nitrogen and oxygen atoms in total. The van der Waals surface area contributed by atoms with Crippen molar-refractivity contribution in [2.24, 2.45) is 10.7 Å². The van der Waals surface area contributed by atoms with Crippen LogP contribution < -0.4 is 11.1 Å². The number of nitrogens with one attached hydrogen (secondary N) is 1. The van der Waals surface area contributed by atoms with Crippen LogP contribution in [0.4, 0.5) is 0 Å². The van der Waals surface area contributed by atoms with E-state index in [-0.39, 0.29) is 0 Å². The molecule has 1 aliphatic rings. The Morgan fingerprint density at radius 1 is 1.47 bits per heavy atom. The van der Waals surface area contributed by atoms with E-state index in [0.29, 0.717) is 17.9 Å². The van der Waals surface area contributed by atoms with Gasteiger partial charge in [-0.15, -0.1) is 0 Å². The van der Waals surface area contributed by atoms with Crippen LogP contribution in [0.15, 0.2) is 35.3 Å². The van der Waals surface area contributed by atoms with E-state index in [2.05, 4.69) is 41.5 Å². The standard InChI is InChI=1S/C12H17N3/c1-9(10-5-3-2-4-6-10)7-11-8-14-12(13)15-11/h2-6,9,11H,7-8H2,1H3,(H3,13,14,15). The number of nitrogens with zero attached hydrogens (tertiary/aromatic N) is 1. The molecule has 0 spiro atoms. The van der Waals surface area contributed by atoms with Crippen LogP contribution >= 0.6 is 0 Å². The zero-order valence-electron chi connectivity index (χ0n) is 8.98. The summed E-state index contributed by atoms with van der Waals surface area (Å²) in [4.78, 5) is 4.15. The Morgan fingerprint density at radius 2 is 2.20 bits per heavy atom. The number of aliphatic imine (C=N–C) groups is 1. The van der Waals surface area contributed by atoms with E-state index in [0.717, 1.165) is 13.0 Å². The van der Waals surface area contributed by atoms with E-state index in [1.807, 2.05) is 6.07 Å². The van der Waals surface area contributed by atoms with Gasteiger partial charge in [0.15, 0.2) is 5.96 Å². The first-order valence-electron chi connectivity index (χ1n) is 5.37. The summed E-state index contributed by atoms with van der Waals surface area (Å²) in [5.41, 5.74) is 6.96. The quantitative estimate of drug-likeness (QED) is 0.781. The summed E-state index contributed by atoms with van der Waals surface area (Å²) in [5, 5.41) is 3.18. The highest BCUT2D eigenvalue weighted by atomic mass is 15.2. The van der Waals surface area contributed by atoms with Gasteiger partial charge < -0.3 is 11.1 Å². The normalized spacial score (nSPS) is 21.9. The third kappa shape index (κ3) is 2.49. The smallest absolute Gasteiger partial charge is 0.188 e. The molecule has 2 atom stereocenters. The summed E-state index contributed by atoms with van der Waals surface area (Å²) < 4.78 is 0. The van der Waals surface area contributed by atoms with E-state index in [9.17, 15) is 0 Å². The highest BCUT2D eigenvalue weighted by Gasteiger charge is 2.18. The van der Waals surface area contributed by atoms with E-state index in [4.69, 9.17) is 5.73 Å². The maximum absolute atomic E-state index is 5.58. The Balaban J connectivity index is 1.91. The maximum Gasteiger partial charge on any atom is 0.188 e. The summed E-state index contributed by atoms with van der Waals surface area (Å²) in [7, 11) is 0. The summed E-state index contributed by atoms with van der Waals surface area (Å²) in [6, 6.07) is 11.0. The van der Waals surface area contributed by atoms with Gasteiger partial charge in [-0.25, -0.2) is 0 Å². The fraction of sp³-hybridized carbons (Fsp3) is 0.417. The predicted octanol–water partition coefficient (Wildman–Crippen LogP) is 1.47. The van der Waals surface area contributed by atoms with Gasteiger partial charge in [-0.2, -0.15) is 0 Å². The molecule has 1 aromatic carbocycles. The molecule has 3 heteroatoms. The summed E-state index contributed by atoms with van der Waals surface area (Å²) in [5.74, 6) is 1.13. The van der Waals surface area contributed by atoms with Crippen LogP contribution in [-0.4, -0.2) is 18.5 Å². The van der Waals surface area contributed by atoms with Crippen LogP contribution in [-0.2, 0) is 0 Å². The summed E-state index contributed by atoms with van der Waals surface area (Å²) in [6.07, 6.45) is 1.08. The molecule has 0 aliphatic carbocycles. The van der Waals surface area contributed by atoms with Crippen molar-refractivity contribution in [3.8, 4) is 0 Å². The Labute approximate surface area is 90.4 Å². The van der Waals surface area contributed by atoms with E-state index in [1.54, 1.807) is 0 Å². The lowest BCUT2D eigenvalue weighted by Crippen LogP contribution is -2.35. The van der Waals surface area contributed by atoms with Gasteiger partial charge >= 0.3 is 0 Å². The molecule has 0 saturated carbocycles. The monoisotopic (exact) mass is 203 g/mol. The van der Waals surface area contributed by atoms with Gasteiger partial charge in [-0.3, -0.25) is 4.99 Å². The SMILES string of the molecule is CC(CC1CN=C(N)N1)c1ccccc1. The van der Waals surface area contributed by atoms with Crippen molar-refractivity contribution in [2.45, 2.75) is 25.3 Å². The van der Waals surface area contributed by atoms with Crippen LogP contribution in [0.5, 0.6) is 0 Å². The van der Waals surface area contributed by atoms with Crippen molar-refractivity contribution in [2.75, 3.05) is 6.54 Å². The van der Waals surface area contributed by atoms with Gasteiger partial charge in [-0.1, -0.05) is 37.3 Å². The number of hydrogen-bond donors (Lipinski definition) is 2. The lowest BCUT2D eigenvalue weighted by atomic mass is 9.94. The Morgan fingerprint density at radius 3 is 2.80 bits per heavy atom. The first-order valence-corrected chi connectivity index (χ1v) is 5.37. The second kappa shape index (κ2) is 4.34. The molecule has 0 bridgehead atoms. The number of rotatable bonds is 3. The van der Waals surface area contributed by atoms with Crippen LogP contribution in [0.1, 0.15) is 24.8 Å². The molecule has 0 amide bonds. The lowest BCUT2D eigenvalue weighted by Gasteiger charge is -2.16. The van der Waals surface area contributed by atoms with Gasteiger partial charge in [0, 0.05) is 6.04 Å². The second-order valence-corrected chi connectivity index (χ2v) is 4.11. The molecule has 1 aliphatic heterocycles. The van der Waals surface area contributed by atoms with Gasteiger partial charge in [0.25, 0.3) is 0 Å². The van der Waals surface area contributed by atoms with Crippen LogP contribution in [0.3, 0.4) is 0 Å². The molecule has 80 valence electrons. The fourth-order valence-electron chi connectivity index (χ4n) is 1.99. The molecule has 3 N–H and O–H groups in total. The van der Waals surface area contributed by atoms with Crippen molar-refractivity contribution < 1.29 is 0 Å². The Bertz CT molecular complexity index is 345. The Hall–Kier alpha value is -1.51. The van der Waals surface area contributed by atoms with Gasteiger partial charge in [0.05, 0.1) is 6.54 Å². The van der Waals surface area contributed by atoms with Crippen LogP contribution in [0, 0.1) is 0 Å². The molecule has 0 radical (unpaired) electrons. The molecule has 0 aromatic heterocycles. The van der Waals surface area contributed by atoms with E-state index < -0.39 is 0 Å². The van der Waals surface area contributed by atoms with Gasteiger partial charge in [0.2, 0.25) is 0 Å². The molecule has 2 unspecified atom stereocenters. The molecule has 1 aromatic rings. The lowest BCUT2D eigenvalue weighted by molar-refractivity contribution is 0.541. The summed E-state index contributed by atoms with van der Waals surface area (Å²) in [6.45, 7) is 3.05. The Kier molecular flexibility index (Phi) is 2.90. The molecule has 1 heterocycles. The highest BCUT2D eigenvalue weighted by molar-refractivity contribution is 5.79. The molecule has 15 heavy (non-hydrogen) atoms. The molecular formula is C12H17N3. The average Bonchev–Trinajstić information content (AvgIpc) is 2.65. The minimum absolute atomic E-state index is 0.403. The predicted molar refractivity (Wildman–Crippen MR) is 62.9 cm³/mol. The maximum atomic E-state index is 5.58. The number of nitrogens with two attached hydrogens (primary N) is 1. The van der Waals surface area contributed by atoms with Gasteiger partial charge in [-0.05, 0) is 17.9 Å². The van der Waals surface area contributed by atoms with Crippen molar-refractivity contribution >= 4 is 5.96 Å². The topological polar surface area (TPSA) is 50.4 Å². The van der Waals surface area contributed by atoms with E-state index >= 15 is 0 Å². The molecule has 2 rings (SSSR count). The van der Waals surface area contributed by atoms with Crippen molar-refractivity contribution in [3.05, 3.63) is 35.9 Å². The zero-order valence-corrected chi connectivity index (χ0v) is 8.98. The van der Waals surface area contributed by atoms with Crippen LogP contribution in [0.2, 0.25) is 0 Å². The van der Waals surface area contributed by atoms with Crippen LogP contribution in [0.25, 0.3) is 0 Å². The minimum Gasteiger partial charge on any atom is -0.370 e. The fourth-order valence-corrected chi connectivity index (χ4v) is 1.99. The minimum atomic E-state index is 0.403. The van der Waals surface area contributed by atoms with Crippen molar-refractivity contribution in [1.29, 1.82) is 0 Å². The van der Waals surface area contributed by atoms with Gasteiger partial charge in [0.1, 0.15) is 0 Å². The van der Waals surface area contributed by atoms with Crippen molar-refractivity contribution in [3.63, 3.8) is 0 Å². The number of hydrogen-bond acceptors (Lipinski definition) is 3. The highest BCUT2D eigenvalue weighted by Crippen LogP contribution is 2.21. The largest absolute Gasteiger partial charge is 0.370 e. The third-order valence-electron chi connectivity index (χ3n) is 2.84.